The smallest absolute Gasteiger partial charge is 0.311 e. The van der Waals surface area contributed by atoms with Crippen LogP contribution in [0.4, 0.5) is 0 Å². The molecule has 6 heteroatoms. The molecule has 0 aromatic rings. The largest absolute Gasteiger partial charge is 0.462 e. The second-order valence-corrected chi connectivity index (χ2v) is 10.6. The molecule has 3 aliphatic rings. The van der Waals surface area contributed by atoms with Gasteiger partial charge in [0, 0.05) is 18.8 Å². The lowest BCUT2D eigenvalue weighted by molar-refractivity contribution is -0.168. The van der Waals surface area contributed by atoms with Crippen molar-refractivity contribution in [2.24, 2.45) is 23.2 Å². The zero-order valence-electron chi connectivity index (χ0n) is 19.5. The van der Waals surface area contributed by atoms with Crippen molar-refractivity contribution in [3.63, 3.8) is 0 Å². The van der Waals surface area contributed by atoms with Crippen LogP contribution in [0.2, 0.25) is 0 Å². The third-order valence-corrected chi connectivity index (χ3v) is 7.36. The number of carbonyl (C=O) groups is 2. The maximum atomic E-state index is 12.9. The number of aliphatic hydroxyl groups is 2. The summed E-state index contributed by atoms with van der Waals surface area (Å²) in [7, 11) is 0. The number of hydrogen-bond acceptors (Lipinski definition) is 6. The van der Waals surface area contributed by atoms with E-state index in [1.165, 1.54) is 0 Å². The second kappa shape index (κ2) is 9.07. The fraction of sp³-hybridized carbons (Fsp3) is 0.760. The summed E-state index contributed by atoms with van der Waals surface area (Å²) < 4.78 is 11.5. The topological polar surface area (TPSA) is 93.1 Å². The summed E-state index contributed by atoms with van der Waals surface area (Å²) in [6.45, 7) is 9.65. The van der Waals surface area contributed by atoms with Crippen molar-refractivity contribution in [2.75, 3.05) is 0 Å². The summed E-state index contributed by atoms with van der Waals surface area (Å²) in [6.07, 6.45) is 7.77. The number of rotatable bonds is 6. The maximum Gasteiger partial charge on any atom is 0.311 e. The molecule has 1 fully saturated rings. The zero-order chi connectivity index (χ0) is 23.0. The minimum absolute atomic E-state index is 0.0129. The van der Waals surface area contributed by atoms with Gasteiger partial charge in [0.25, 0.3) is 0 Å². The summed E-state index contributed by atoms with van der Waals surface area (Å²) in [6, 6.07) is 0. The van der Waals surface area contributed by atoms with Crippen molar-refractivity contribution >= 4 is 11.9 Å². The van der Waals surface area contributed by atoms with E-state index in [4.69, 9.17) is 9.47 Å². The molecule has 2 aliphatic carbocycles. The molecule has 6 nitrogen and oxygen atoms in total. The molecule has 0 unspecified atom stereocenters. The molecule has 0 bridgehead atoms. The number of hydrogen-bond donors (Lipinski definition) is 2. The molecule has 0 spiro atoms. The molecule has 7 atom stereocenters. The lowest BCUT2D eigenvalue weighted by Crippen LogP contribution is -2.47. The Morgan fingerprint density at radius 1 is 1.35 bits per heavy atom. The van der Waals surface area contributed by atoms with Crippen molar-refractivity contribution in [3.8, 4) is 0 Å². The molecule has 0 aromatic carbocycles. The van der Waals surface area contributed by atoms with Crippen LogP contribution in [-0.4, -0.2) is 46.1 Å². The molecule has 0 saturated carbocycles. The molecule has 0 amide bonds. The first kappa shape index (κ1) is 24.0. The first-order chi connectivity index (χ1) is 14.4. The van der Waals surface area contributed by atoms with E-state index in [1.807, 2.05) is 26.8 Å². The van der Waals surface area contributed by atoms with Gasteiger partial charge in [-0.25, -0.2) is 0 Å². The van der Waals surface area contributed by atoms with Gasteiger partial charge >= 0.3 is 11.9 Å². The molecule has 0 radical (unpaired) electrons. The fourth-order valence-electron chi connectivity index (χ4n) is 5.09. The molecular weight excluding hydrogens is 396 g/mol. The molecule has 1 heterocycles. The molecule has 3 rings (SSSR count). The van der Waals surface area contributed by atoms with E-state index in [1.54, 1.807) is 6.92 Å². The van der Waals surface area contributed by atoms with E-state index in [0.717, 1.165) is 12.0 Å². The van der Waals surface area contributed by atoms with Gasteiger partial charge in [-0.1, -0.05) is 26.0 Å². The molecule has 1 saturated heterocycles. The van der Waals surface area contributed by atoms with Gasteiger partial charge in [-0.3, -0.25) is 9.59 Å². The molecular formula is C25H38O6. The summed E-state index contributed by atoms with van der Waals surface area (Å²) in [5, 5.41) is 20.7. The average Bonchev–Trinajstić information content (AvgIpc) is 2.66. The molecule has 2 N–H and O–H groups in total. The summed E-state index contributed by atoms with van der Waals surface area (Å²) in [5.74, 6) is -0.144. The van der Waals surface area contributed by atoms with E-state index in [0.29, 0.717) is 25.7 Å². The van der Waals surface area contributed by atoms with Crippen LogP contribution in [0.3, 0.4) is 0 Å². The summed E-state index contributed by atoms with van der Waals surface area (Å²) in [5.41, 5.74) is -0.608. The molecule has 0 aromatic heterocycles. The molecule has 1 aliphatic heterocycles. The zero-order valence-corrected chi connectivity index (χ0v) is 19.5. The van der Waals surface area contributed by atoms with Crippen molar-refractivity contribution in [3.05, 3.63) is 23.8 Å². The average molecular weight is 435 g/mol. The van der Waals surface area contributed by atoms with Crippen LogP contribution in [0.25, 0.3) is 0 Å². The Labute approximate surface area is 185 Å². The van der Waals surface area contributed by atoms with Crippen LogP contribution in [0.1, 0.15) is 73.1 Å². The predicted octanol–water partition coefficient (Wildman–Crippen LogP) is 3.70. The van der Waals surface area contributed by atoms with Crippen LogP contribution in [0.15, 0.2) is 23.8 Å². The second-order valence-electron chi connectivity index (χ2n) is 10.6. The number of allylic oxidation sites excluding steroid dienone is 2. The van der Waals surface area contributed by atoms with E-state index in [2.05, 4.69) is 19.1 Å². The van der Waals surface area contributed by atoms with E-state index in [9.17, 15) is 19.8 Å². The van der Waals surface area contributed by atoms with E-state index in [-0.39, 0.29) is 42.2 Å². The Balaban J connectivity index is 1.81. The SMILES string of the molecule is CCC(C)(C)C(=O)O[C@H]1C[C@](C)(O)C=C2C=C[C@H](C)[C@H](CC[C@@H]3C[C@@H](O)CC(=O)O3)[C@H]21. The summed E-state index contributed by atoms with van der Waals surface area (Å²) in [4.78, 5) is 24.6. The van der Waals surface area contributed by atoms with Gasteiger partial charge in [0.05, 0.1) is 23.5 Å². The van der Waals surface area contributed by atoms with Gasteiger partial charge in [0.15, 0.2) is 0 Å². The number of ether oxygens (including phenoxy) is 2. The number of fused-ring (bicyclic) bond motifs is 1. The Morgan fingerprint density at radius 3 is 2.71 bits per heavy atom. The molecule has 31 heavy (non-hydrogen) atoms. The van der Waals surface area contributed by atoms with Crippen LogP contribution >= 0.6 is 0 Å². The Morgan fingerprint density at radius 2 is 2.06 bits per heavy atom. The van der Waals surface area contributed by atoms with Gasteiger partial charge < -0.3 is 19.7 Å². The van der Waals surface area contributed by atoms with Crippen molar-refractivity contribution in [1.82, 2.24) is 0 Å². The minimum Gasteiger partial charge on any atom is -0.462 e. The number of cyclic esters (lactones) is 1. The van der Waals surface area contributed by atoms with Gasteiger partial charge in [-0.15, -0.1) is 0 Å². The quantitative estimate of drug-likeness (QED) is 0.619. The Hall–Kier alpha value is -1.66. The third-order valence-electron chi connectivity index (χ3n) is 7.36. The number of aliphatic hydroxyl groups excluding tert-OH is 1. The normalized spacial score (nSPS) is 38.2. The highest BCUT2D eigenvalue weighted by molar-refractivity contribution is 5.76. The van der Waals surface area contributed by atoms with Crippen molar-refractivity contribution in [2.45, 2.75) is 97.1 Å². The predicted molar refractivity (Wildman–Crippen MR) is 117 cm³/mol. The Kier molecular flexibility index (Phi) is 7.02. The first-order valence-corrected chi connectivity index (χ1v) is 11.6. The van der Waals surface area contributed by atoms with Crippen molar-refractivity contribution in [1.29, 1.82) is 0 Å². The lowest BCUT2D eigenvalue weighted by Gasteiger charge is -2.45. The number of carbonyl (C=O) groups excluding carboxylic acids is 2. The van der Waals surface area contributed by atoms with Gasteiger partial charge in [-0.2, -0.15) is 0 Å². The highest BCUT2D eigenvalue weighted by atomic mass is 16.6. The third kappa shape index (κ3) is 5.58. The van der Waals surface area contributed by atoms with E-state index < -0.39 is 23.2 Å². The van der Waals surface area contributed by atoms with Gasteiger partial charge in [0.2, 0.25) is 0 Å². The molecule has 174 valence electrons. The summed E-state index contributed by atoms with van der Waals surface area (Å²) >= 11 is 0. The van der Waals surface area contributed by atoms with Crippen molar-refractivity contribution < 1.29 is 29.3 Å². The monoisotopic (exact) mass is 434 g/mol. The van der Waals surface area contributed by atoms with E-state index >= 15 is 0 Å². The number of esters is 2. The van der Waals surface area contributed by atoms with Crippen LogP contribution in [0.5, 0.6) is 0 Å². The highest BCUT2D eigenvalue weighted by Gasteiger charge is 2.46. The van der Waals surface area contributed by atoms with Crippen LogP contribution in [0, 0.1) is 23.2 Å². The fourth-order valence-corrected chi connectivity index (χ4v) is 5.09. The Bertz CT molecular complexity index is 749. The first-order valence-electron chi connectivity index (χ1n) is 11.6. The maximum absolute atomic E-state index is 12.9. The standard InChI is InChI=1S/C25H38O6/c1-6-24(3,4)23(28)31-20-14-25(5,29)13-16-8-7-15(2)19(22(16)20)10-9-18-11-17(26)12-21(27)30-18/h7-8,13,15,17-20,22,26,29H,6,9-12,14H2,1-5H3/t15-,17+,18+,19-,20-,22-,25+/m0/s1. The lowest BCUT2D eigenvalue weighted by atomic mass is 9.64. The van der Waals surface area contributed by atoms with Gasteiger partial charge in [-0.05, 0) is 63.5 Å². The van der Waals surface area contributed by atoms with Crippen LogP contribution in [-0.2, 0) is 19.1 Å². The highest BCUT2D eigenvalue weighted by Crippen LogP contribution is 2.46. The minimum atomic E-state index is -1.04. The van der Waals surface area contributed by atoms with Gasteiger partial charge in [0.1, 0.15) is 12.2 Å². The van der Waals surface area contributed by atoms with Crippen LogP contribution < -0.4 is 0 Å².